The second-order valence-electron chi connectivity index (χ2n) is 8.84. The summed E-state index contributed by atoms with van der Waals surface area (Å²) in [6.45, 7) is 8.07. The molecule has 1 fully saturated rings. The highest BCUT2D eigenvalue weighted by Crippen LogP contribution is 2.32. The Morgan fingerprint density at radius 2 is 1.94 bits per heavy atom. The second-order valence-corrected chi connectivity index (χ2v) is 10.8. The lowest BCUT2D eigenvalue weighted by atomic mass is 10.1. The van der Waals surface area contributed by atoms with Gasteiger partial charge in [0, 0.05) is 31.7 Å². The summed E-state index contributed by atoms with van der Waals surface area (Å²) in [4.78, 5) is 18.2. The first-order chi connectivity index (χ1) is 17.2. The van der Waals surface area contributed by atoms with Gasteiger partial charge in [-0.2, -0.15) is 4.31 Å². The van der Waals surface area contributed by atoms with Crippen LogP contribution in [0, 0.1) is 6.92 Å². The van der Waals surface area contributed by atoms with Crippen molar-refractivity contribution in [2.75, 3.05) is 39.8 Å². The minimum Gasteiger partial charge on any atom is -0.493 e. The van der Waals surface area contributed by atoms with Crippen molar-refractivity contribution in [1.29, 1.82) is 0 Å². The van der Waals surface area contributed by atoms with Crippen molar-refractivity contribution in [3.05, 3.63) is 45.4 Å². The van der Waals surface area contributed by atoms with E-state index < -0.39 is 10.0 Å². The fourth-order valence-corrected chi connectivity index (χ4v) is 6.01. The van der Waals surface area contributed by atoms with E-state index in [1.54, 1.807) is 17.5 Å². The number of nitrogens with zero attached hydrogens (tertiary/aromatic N) is 5. The van der Waals surface area contributed by atoms with E-state index in [9.17, 15) is 13.2 Å². The number of piperazine rings is 1. The van der Waals surface area contributed by atoms with Crippen LogP contribution in [0.3, 0.4) is 0 Å². The number of ether oxygens (including phenoxy) is 1. The first kappa shape index (κ1) is 25.9. The number of rotatable bonds is 8. The van der Waals surface area contributed by atoms with Crippen molar-refractivity contribution >= 4 is 21.8 Å². The van der Waals surface area contributed by atoms with E-state index >= 15 is 0 Å². The molecule has 3 aromatic rings. The van der Waals surface area contributed by atoms with Gasteiger partial charge in [0.05, 0.1) is 29.0 Å². The van der Waals surface area contributed by atoms with Crippen LogP contribution in [0.5, 0.6) is 5.75 Å². The van der Waals surface area contributed by atoms with Gasteiger partial charge in [-0.15, -0.1) is 5.10 Å². The van der Waals surface area contributed by atoms with Crippen molar-refractivity contribution in [2.24, 2.45) is 5.16 Å². The molecule has 0 unspecified atom stereocenters. The fourth-order valence-electron chi connectivity index (χ4n) is 4.56. The maximum atomic E-state index is 13.4. The molecule has 36 heavy (non-hydrogen) atoms. The molecule has 2 aromatic heterocycles. The smallest absolute Gasteiger partial charge is 0.275 e. The van der Waals surface area contributed by atoms with Crippen LogP contribution in [-0.4, -0.2) is 83.5 Å². The van der Waals surface area contributed by atoms with Gasteiger partial charge < -0.3 is 19.8 Å². The Morgan fingerprint density at radius 1 is 1.22 bits per heavy atom. The summed E-state index contributed by atoms with van der Waals surface area (Å²) in [5.74, 6) is 0.599. The number of hydrogen-bond donors (Lipinski definition) is 2. The van der Waals surface area contributed by atoms with Gasteiger partial charge in [0.2, 0.25) is 10.0 Å². The second kappa shape index (κ2) is 10.4. The molecule has 0 radical (unpaired) electrons. The van der Waals surface area contributed by atoms with Crippen molar-refractivity contribution in [3.63, 3.8) is 0 Å². The highest BCUT2D eigenvalue weighted by atomic mass is 32.2. The number of likely N-dealkylation sites (N-methyl/N-ethyl adjacent to an activating group) is 1. The number of fused-ring (bicyclic) bond motifs is 1. The van der Waals surface area contributed by atoms with Crippen LogP contribution >= 0.6 is 0 Å². The lowest BCUT2D eigenvalue weighted by Crippen LogP contribution is -2.47. The van der Waals surface area contributed by atoms with Gasteiger partial charge in [-0.25, -0.2) is 12.9 Å². The molecule has 0 amide bonds. The van der Waals surface area contributed by atoms with Crippen LogP contribution in [-0.2, 0) is 16.4 Å². The quantitative estimate of drug-likeness (QED) is 0.266. The van der Waals surface area contributed by atoms with E-state index in [4.69, 9.17) is 15.0 Å². The van der Waals surface area contributed by atoms with Gasteiger partial charge >= 0.3 is 0 Å². The molecule has 1 aromatic carbocycles. The lowest BCUT2D eigenvalue weighted by Gasteiger charge is -2.31. The van der Waals surface area contributed by atoms with E-state index in [0.717, 1.165) is 12.1 Å². The summed E-state index contributed by atoms with van der Waals surface area (Å²) in [5.41, 5.74) is 2.34. The molecule has 0 atom stereocenters. The molecule has 2 N–H and O–H groups in total. The molecule has 0 saturated carbocycles. The number of aryl methyl sites for hydroxylation is 2. The third-order valence-corrected chi connectivity index (χ3v) is 8.36. The Bertz CT molecular complexity index is 1450. The van der Waals surface area contributed by atoms with E-state index in [0.29, 0.717) is 67.2 Å². The summed E-state index contributed by atoms with van der Waals surface area (Å²) in [6, 6.07) is 4.63. The zero-order valence-corrected chi connectivity index (χ0v) is 21.8. The molecular formula is C24H32N6O5S. The molecular weight excluding hydrogens is 484 g/mol. The monoisotopic (exact) mass is 516 g/mol. The van der Waals surface area contributed by atoms with Crippen molar-refractivity contribution < 1.29 is 18.4 Å². The molecule has 1 aliphatic heterocycles. The Morgan fingerprint density at radius 3 is 2.58 bits per heavy atom. The molecule has 3 heterocycles. The number of oxime groups is 1. The number of hydrogen-bond acceptors (Lipinski definition) is 8. The first-order valence-electron chi connectivity index (χ1n) is 12.0. The van der Waals surface area contributed by atoms with E-state index in [2.05, 4.69) is 15.0 Å². The maximum absolute atomic E-state index is 13.4. The number of aromatic nitrogens is 3. The zero-order valence-electron chi connectivity index (χ0n) is 21.0. The molecule has 194 valence electrons. The largest absolute Gasteiger partial charge is 0.493 e. The predicted octanol–water partition coefficient (Wildman–Crippen LogP) is 2.09. The van der Waals surface area contributed by atoms with Crippen LogP contribution < -0.4 is 10.3 Å². The van der Waals surface area contributed by atoms with Crippen molar-refractivity contribution in [1.82, 2.24) is 23.8 Å². The Hall–Kier alpha value is -3.22. The molecule has 0 spiro atoms. The molecule has 12 heteroatoms. The number of aromatic amines is 1. The maximum Gasteiger partial charge on any atom is 0.275 e. The number of benzene rings is 1. The van der Waals surface area contributed by atoms with Crippen LogP contribution in [0.2, 0.25) is 0 Å². The molecule has 4 rings (SSSR count). The van der Waals surface area contributed by atoms with E-state index in [1.807, 2.05) is 20.9 Å². The zero-order chi connectivity index (χ0) is 26.0. The summed E-state index contributed by atoms with van der Waals surface area (Å²) in [5, 5.41) is 17.0. The predicted molar refractivity (Wildman–Crippen MR) is 137 cm³/mol. The molecule has 0 aliphatic carbocycles. The lowest BCUT2D eigenvalue weighted by molar-refractivity contribution is 0.222. The number of H-pyrrole nitrogens is 1. The van der Waals surface area contributed by atoms with E-state index in [-0.39, 0.29) is 16.3 Å². The van der Waals surface area contributed by atoms with Gasteiger partial charge in [-0.05, 0) is 51.1 Å². The minimum atomic E-state index is -3.75. The summed E-state index contributed by atoms with van der Waals surface area (Å²) in [6.07, 6.45) is 2.69. The average Bonchev–Trinajstić information content (AvgIpc) is 3.11. The topological polar surface area (TPSA) is 133 Å². The standard InChI is InChI=1S/C24H32N6O5S/c1-5-7-20-19(15-25-32)16(3)22-24(31)26-23(27-30(20)22)18-14-17(8-9-21(18)35-6-2)36(33,34)29-12-10-28(4)11-13-29/h8-9,14-15,32H,5-7,10-13H2,1-4H3,(H,26,27,31)/b25-15+. The van der Waals surface area contributed by atoms with Crippen LogP contribution in [0.1, 0.15) is 37.1 Å². The Kier molecular flexibility index (Phi) is 7.48. The highest BCUT2D eigenvalue weighted by molar-refractivity contribution is 7.89. The first-order valence-corrected chi connectivity index (χ1v) is 13.4. The highest BCUT2D eigenvalue weighted by Gasteiger charge is 2.29. The third-order valence-electron chi connectivity index (χ3n) is 6.46. The van der Waals surface area contributed by atoms with Crippen molar-refractivity contribution in [2.45, 2.75) is 38.5 Å². The van der Waals surface area contributed by atoms with Gasteiger partial charge in [0.15, 0.2) is 5.82 Å². The summed E-state index contributed by atoms with van der Waals surface area (Å²) >= 11 is 0. The fraction of sp³-hybridized carbons (Fsp3) is 0.458. The normalized spacial score (nSPS) is 15.8. The number of sulfonamides is 1. The SMILES string of the molecule is CCCc1c(/C=N/O)c(C)c2c(=O)[nH]c(-c3cc(S(=O)(=O)N4CCN(C)CC4)ccc3OCC)nn12. The average molecular weight is 517 g/mol. The molecule has 1 saturated heterocycles. The molecule has 11 nitrogen and oxygen atoms in total. The molecule has 1 aliphatic rings. The third kappa shape index (κ3) is 4.63. The van der Waals surface area contributed by atoms with Crippen LogP contribution in [0.25, 0.3) is 16.9 Å². The van der Waals surface area contributed by atoms with Gasteiger partial charge in [-0.3, -0.25) is 4.79 Å². The minimum absolute atomic E-state index is 0.110. The number of nitrogens with one attached hydrogen (secondary N) is 1. The summed E-state index contributed by atoms with van der Waals surface area (Å²) in [7, 11) is -1.78. The Balaban J connectivity index is 1.90. The Labute approximate surface area is 210 Å². The van der Waals surface area contributed by atoms with Crippen molar-refractivity contribution in [3.8, 4) is 17.1 Å². The van der Waals surface area contributed by atoms with Gasteiger partial charge in [-0.1, -0.05) is 18.5 Å². The van der Waals surface area contributed by atoms with Gasteiger partial charge in [0.25, 0.3) is 5.56 Å². The van der Waals surface area contributed by atoms with Gasteiger partial charge in [0.1, 0.15) is 11.3 Å². The van der Waals surface area contributed by atoms with Crippen LogP contribution in [0.15, 0.2) is 33.0 Å². The van der Waals surface area contributed by atoms with Crippen LogP contribution in [0.4, 0.5) is 0 Å². The molecule has 0 bridgehead atoms. The van der Waals surface area contributed by atoms with E-state index in [1.165, 1.54) is 22.7 Å². The summed E-state index contributed by atoms with van der Waals surface area (Å²) < 4.78 is 35.6.